The molecule has 0 saturated carbocycles. The number of aromatic nitrogens is 1. The summed E-state index contributed by atoms with van der Waals surface area (Å²) < 4.78 is 0. The molecule has 0 aliphatic carbocycles. The van der Waals surface area contributed by atoms with E-state index in [1.807, 2.05) is 13.8 Å². The number of nitrogens with zero attached hydrogens (tertiary/aromatic N) is 1. The lowest BCUT2D eigenvalue weighted by Gasteiger charge is -2.09. The minimum absolute atomic E-state index is 0.113. The van der Waals surface area contributed by atoms with Crippen LogP contribution in [-0.2, 0) is 4.79 Å². The number of anilines is 2. The summed E-state index contributed by atoms with van der Waals surface area (Å²) >= 11 is 0. The van der Waals surface area contributed by atoms with Gasteiger partial charge in [-0.05, 0) is 24.5 Å². The topological polar surface area (TPSA) is 80.0 Å². The van der Waals surface area contributed by atoms with Gasteiger partial charge in [-0.3, -0.25) is 4.79 Å². The molecule has 0 saturated heterocycles. The maximum Gasteiger partial charge on any atom is 0.220 e. The molecule has 1 heterocycles. The largest absolute Gasteiger partial charge is 0.396 e. The Bertz CT molecular complexity index is 379. The molecule has 0 fully saturated rings. The molecule has 0 spiro atoms. The molecule has 18 heavy (non-hydrogen) atoms. The van der Waals surface area contributed by atoms with Crippen LogP contribution in [0, 0.1) is 5.92 Å². The van der Waals surface area contributed by atoms with Crippen LogP contribution in [0.4, 0.5) is 11.5 Å². The summed E-state index contributed by atoms with van der Waals surface area (Å²) in [6.45, 7) is 5.48. The van der Waals surface area contributed by atoms with E-state index in [0.717, 1.165) is 13.0 Å². The van der Waals surface area contributed by atoms with Crippen molar-refractivity contribution in [1.29, 1.82) is 0 Å². The number of pyridine rings is 1. The second kappa shape index (κ2) is 7.53. The third-order valence-corrected chi connectivity index (χ3v) is 2.40. The number of carbonyl (C=O) groups is 1. The second-order valence-corrected chi connectivity index (χ2v) is 4.67. The predicted octanol–water partition coefficient (Wildman–Crippen LogP) is 1.63. The van der Waals surface area contributed by atoms with Crippen LogP contribution < -0.4 is 16.4 Å². The molecule has 0 aromatic carbocycles. The van der Waals surface area contributed by atoms with Crippen molar-refractivity contribution in [3.63, 3.8) is 0 Å². The lowest BCUT2D eigenvalue weighted by molar-refractivity contribution is -0.121. The van der Waals surface area contributed by atoms with Crippen LogP contribution >= 0.6 is 0 Å². The molecule has 4 N–H and O–H groups in total. The normalized spacial score (nSPS) is 10.4. The van der Waals surface area contributed by atoms with E-state index in [-0.39, 0.29) is 5.91 Å². The van der Waals surface area contributed by atoms with Gasteiger partial charge in [0.2, 0.25) is 5.91 Å². The number of rotatable bonds is 7. The standard InChI is InChI=1S/C13H22N4O/c1-10(2)9-12(18)15-7-4-8-17-13-11(14)5-3-6-16-13/h3,5-6,10H,4,7-9,14H2,1-2H3,(H,15,18)(H,16,17). The van der Waals surface area contributed by atoms with Crippen molar-refractivity contribution in [1.82, 2.24) is 10.3 Å². The summed E-state index contributed by atoms with van der Waals surface area (Å²) in [5.74, 6) is 1.21. The summed E-state index contributed by atoms with van der Waals surface area (Å²) in [6, 6.07) is 3.60. The predicted molar refractivity (Wildman–Crippen MR) is 74.2 cm³/mol. The Balaban J connectivity index is 2.12. The molecule has 0 bridgehead atoms. The molecule has 0 atom stereocenters. The molecular weight excluding hydrogens is 228 g/mol. The van der Waals surface area contributed by atoms with Gasteiger partial charge in [0.25, 0.3) is 0 Å². The van der Waals surface area contributed by atoms with E-state index >= 15 is 0 Å². The summed E-state index contributed by atoms with van der Waals surface area (Å²) in [7, 11) is 0. The number of hydrogen-bond donors (Lipinski definition) is 3. The first kappa shape index (κ1) is 14.3. The van der Waals surface area contributed by atoms with Crippen molar-refractivity contribution in [2.75, 3.05) is 24.1 Å². The van der Waals surface area contributed by atoms with Gasteiger partial charge in [0, 0.05) is 25.7 Å². The van der Waals surface area contributed by atoms with Crippen LogP contribution in [0.15, 0.2) is 18.3 Å². The molecule has 100 valence electrons. The zero-order chi connectivity index (χ0) is 13.4. The van der Waals surface area contributed by atoms with Crippen molar-refractivity contribution in [3.05, 3.63) is 18.3 Å². The van der Waals surface area contributed by atoms with Crippen LogP contribution in [0.3, 0.4) is 0 Å². The first-order chi connectivity index (χ1) is 8.59. The minimum Gasteiger partial charge on any atom is -0.396 e. The Hall–Kier alpha value is -1.78. The van der Waals surface area contributed by atoms with E-state index < -0.39 is 0 Å². The van der Waals surface area contributed by atoms with Crippen LogP contribution in [0.5, 0.6) is 0 Å². The summed E-state index contributed by atoms with van der Waals surface area (Å²) in [5.41, 5.74) is 6.38. The molecular formula is C13H22N4O. The van der Waals surface area contributed by atoms with E-state index in [1.54, 1.807) is 18.3 Å². The van der Waals surface area contributed by atoms with Gasteiger partial charge >= 0.3 is 0 Å². The molecule has 0 unspecified atom stereocenters. The zero-order valence-corrected chi connectivity index (χ0v) is 11.1. The number of nitrogen functional groups attached to an aromatic ring is 1. The molecule has 1 amide bonds. The molecule has 0 aliphatic heterocycles. The van der Waals surface area contributed by atoms with Crippen molar-refractivity contribution in [2.45, 2.75) is 26.7 Å². The summed E-state index contributed by atoms with van der Waals surface area (Å²) in [6.07, 6.45) is 3.13. The fourth-order valence-corrected chi connectivity index (χ4v) is 1.53. The lowest BCUT2D eigenvalue weighted by Crippen LogP contribution is -2.26. The fraction of sp³-hybridized carbons (Fsp3) is 0.538. The first-order valence-corrected chi connectivity index (χ1v) is 6.30. The monoisotopic (exact) mass is 250 g/mol. The Labute approximate surface area is 108 Å². The zero-order valence-electron chi connectivity index (χ0n) is 11.1. The van der Waals surface area contributed by atoms with Gasteiger partial charge in [0.1, 0.15) is 5.82 Å². The van der Waals surface area contributed by atoms with Gasteiger partial charge in [-0.25, -0.2) is 4.98 Å². The average Bonchev–Trinajstić information content (AvgIpc) is 2.30. The van der Waals surface area contributed by atoms with Crippen LogP contribution in [0.2, 0.25) is 0 Å². The van der Waals surface area contributed by atoms with E-state index in [1.165, 1.54) is 0 Å². The molecule has 1 aromatic heterocycles. The third-order valence-electron chi connectivity index (χ3n) is 2.40. The minimum atomic E-state index is 0.113. The van der Waals surface area contributed by atoms with Crippen LogP contribution in [0.1, 0.15) is 26.7 Å². The summed E-state index contributed by atoms with van der Waals surface area (Å²) in [5, 5.41) is 6.02. The average molecular weight is 250 g/mol. The van der Waals surface area contributed by atoms with E-state index in [9.17, 15) is 4.79 Å². The van der Waals surface area contributed by atoms with Gasteiger partial charge in [-0.1, -0.05) is 13.8 Å². The maximum atomic E-state index is 11.4. The summed E-state index contributed by atoms with van der Waals surface area (Å²) in [4.78, 5) is 15.5. The number of carbonyl (C=O) groups excluding carboxylic acids is 1. The number of nitrogens with two attached hydrogens (primary N) is 1. The molecule has 0 aliphatic rings. The maximum absolute atomic E-state index is 11.4. The Kier molecular flexibility index (Phi) is 5.97. The quantitative estimate of drug-likeness (QED) is 0.642. The van der Waals surface area contributed by atoms with Crippen molar-refractivity contribution < 1.29 is 4.79 Å². The number of hydrogen-bond acceptors (Lipinski definition) is 4. The van der Waals surface area contributed by atoms with Crippen LogP contribution in [-0.4, -0.2) is 24.0 Å². The van der Waals surface area contributed by atoms with Gasteiger partial charge in [0.15, 0.2) is 0 Å². The molecule has 1 aromatic rings. The van der Waals surface area contributed by atoms with Gasteiger partial charge < -0.3 is 16.4 Å². The second-order valence-electron chi connectivity index (χ2n) is 4.67. The van der Waals surface area contributed by atoms with E-state index in [0.29, 0.717) is 30.4 Å². The SMILES string of the molecule is CC(C)CC(=O)NCCCNc1ncccc1N. The van der Waals surface area contributed by atoms with E-state index in [4.69, 9.17) is 5.73 Å². The highest BCUT2D eigenvalue weighted by Gasteiger charge is 2.03. The van der Waals surface area contributed by atoms with E-state index in [2.05, 4.69) is 15.6 Å². The van der Waals surface area contributed by atoms with Crippen molar-refractivity contribution in [2.24, 2.45) is 5.92 Å². The fourth-order valence-electron chi connectivity index (χ4n) is 1.53. The number of amides is 1. The van der Waals surface area contributed by atoms with Crippen molar-refractivity contribution >= 4 is 17.4 Å². The van der Waals surface area contributed by atoms with Crippen LogP contribution in [0.25, 0.3) is 0 Å². The molecule has 0 radical (unpaired) electrons. The first-order valence-electron chi connectivity index (χ1n) is 6.30. The molecule has 5 nitrogen and oxygen atoms in total. The molecule has 1 rings (SSSR count). The highest BCUT2D eigenvalue weighted by molar-refractivity contribution is 5.75. The smallest absolute Gasteiger partial charge is 0.220 e. The Morgan fingerprint density at radius 1 is 1.44 bits per heavy atom. The van der Waals surface area contributed by atoms with Gasteiger partial charge in [-0.2, -0.15) is 0 Å². The van der Waals surface area contributed by atoms with Gasteiger partial charge in [0.05, 0.1) is 5.69 Å². The van der Waals surface area contributed by atoms with Gasteiger partial charge in [-0.15, -0.1) is 0 Å². The van der Waals surface area contributed by atoms with Crippen molar-refractivity contribution in [3.8, 4) is 0 Å². The highest BCUT2D eigenvalue weighted by Crippen LogP contribution is 2.12. The highest BCUT2D eigenvalue weighted by atomic mass is 16.1. The Morgan fingerprint density at radius 2 is 2.22 bits per heavy atom. The Morgan fingerprint density at radius 3 is 2.89 bits per heavy atom. The lowest BCUT2D eigenvalue weighted by atomic mass is 10.1. The number of nitrogens with one attached hydrogen (secondary N) is 2. The third kappa shape index (κ3) is 5.52. The molecule has 5 heteroatoms.